The third kappa shape index (κ3) is 4.09. The lowest BCUT2D eigenvalue weighted by molar-refractivity contribution is -0.121. The minimum atomic E-state index is -0.134. The summed E-state index contributed by atoms with van der Waals surface area (Å²) in [4.78, 5) is 33.9. The van der Waals surface area contributed by atoms with Crippen molar-refractivity contribution in [3.8, 4) is 5.82 Å². The molecule has 4 rings (SSSR count). The number of nitrogens with zero attached hydrogens (tertiary/aromatic N) is 5. The van der Waals surface area contributed by atoms with Gasteiger partial charge in [0.25, 0.3) is 5.56 Å². The molecule has 0 fully saturated rings. The Morgan fingerprint density at radius 3 is 2.79 bits per heavy atom. The number of nitrogens with one attached hydrogen (secondary N) is 1. The van der Waals surface area contributed by atoms with Gasteiger partial charge < -0.3 is 5.32 Å². The zero-order valence-electron chi connectivity index (χ0n) is 16.1. The first kappa shape index (κ1) is 19.0. The number of fused-ring (bicyclic) bond motifs is 1. The molecule has 0 aliphatic carbocycles. The Morgan fingerprint density at radius 1 is 1.21 bits per heavy atom. The van der Waals surface area contributed by atoms with E-state index in [1.54, 1.807) is 16.9 Å². The van der Waals surface area contributed by atoms with Crippen LogP contribution in [-0.2, 0) is 17.9 Å². The smallest absolute Gasteiger partial charge is 0.262 e. The summed E-state index contributed by atoms with van der Waals surface area (Å²) in [5.41, 5.74) is 2.73. The van der Waals surface area contributed by atoms with E-state index in [0.717, 1.165) is 22.8 Å². The van der Waals surface area contributed by atoms with Gasteiger partial charge in [-0.05, 0) is 43.0 Å². The van der Waals surface area contributed by atoms with Crippen LogP contribution in [0.1, 0.15) is 23.4 Å². The third-order valence-corrected chi connectivity index (χ3v) is 5.38. The van der Waals surface area contributed by atoms with Crippen molar-refractivity contribution >= 4 is 27.5 Å². The number of rotatable bonds is 6. The minimum absolute atomic E-state index is 0.118. The standard InChI is InChI=1S/C20H20N6O2S/c1-13-9-14(2)26(24-13)17-4-3-15(10-21-17)11-22-18(27)5-7-25-12-23-19-16(20(25)28)6-8-29-19/h3-4,6,8-10,12H,5,7,11H2,1-2H3,(H,22,27). The van der Waals surface area contributed by atoms with E-state index in [1.165, 1.54) is 22.2 Å². The van der Waals surface area contributed by atoms with Crippen LogP contribution < -0.4 is 10.9 Å². The molecule has 0 aliphatic heterocycles. The first-order valence-electron chi connectivity index (χ1n) is 9.19. The highest BCUT2D eigenvalue weighted by atomic mass is 32.1. The fraction of sp³-hybridized carbons (Fsp3) is 0.250. The van der Waals surface area contributed by atoms with Gasteiger partial charge in [-0.1, -0.05) is 6.07 Å². The molecule has 0 saturated carbocycles. The second-order valence-electron chi connectivity index (χ2n) is 6.77. The van der Waals surface area contributed by atoms with Crippen LogP contribution in [0.25, 0.3) is 16.0 Å². The van der Waals surface area contributed by atoms with Crippen molar-refractivity contribution in [2.24, 2.45) is 0 Å². The van der Waals surface area contributed by atoms with Gasteiger partial charge in [-0.2, -0.15) is 5.10 Å². The van der Waals surface area contributed by atoms with Gasteiger partial charge >= 0.3 is 0 Å². The SMILES string of the molecule is Cc1cc(C)n(-c2ccc(CNC(=O)CCn3cnc4sccc4c3=O)cn2)n1. The van der Waals surface area contributed by atoms with E-state index in [1.807, 2.05) is 37.4 Å². The lowest BCUT2D eigenvalue weighted by atomic mass is 10.2. The molecule has 4 aromatic heterocycles. The fourth-order valence-corrected chi connectivity index (χ4v) is 3.79. The Labute approximate surface area is 170 Å². The average molecular weight is 408 g/mol. The maximum atomic E-state index is 12.3. The molecule has 0 spiro atoms. The van der Waals surface area contributed by atoms with Gasteiger partial charge in [0.15, 0.2) is 5.82 Å². The van der Waals surface area contributed by atoms with Gasteiger partial charge in [-0.15, -0.1) is 11.3 Å². The van der Waals surface area contributed by atoms with E-state index >= 15 is 0 Å². The molecule has 0 atom stereocenters. The molecule has 148 valence electrons. The van der Waals surface area contributed by atoms with Crippen molar-refractivity contribution in [3.05, 3.63) is 69.5 Å². The predicted octanol–water partition coefficient (Wildman–Crippen LogP) is 2.36. The Hall–Kier alpha value is -3.33. The highest BCUT2D eigenvalue weighted by molar-refractivity contribution is 7.16. The molecule has 29 heavy (non-hydrogen) atoms. The molecule has 0 bridgehead atoms. The summed E-state index contributed by atoms with van der Waals surface area (Å²) in [5, 5.41) is 9.70. The van der Waals surface area contributed by atoms with E-state index < -0.39 is 0 Å². The van der Waals surface area contributed by atoms with Crippen LogP contribution in [0.2, 0.25) is 0 Å². The van der Waals surface area contributed by atoms with Crippen LogP contribution in [0.15, 0.2) is 47.0 Å². The van der Waals surface area contributed by atoms with Gasteiger partial charge in [0.1, 0.15) is 4.83 Å². The Balaban J connectivity index is 1.33. The van der Waals surface area contributed by atoms with E-state index in [9.17, 15) is 9.59 Å². The van der Waals surface area contributed by atoms with Crippen LogP contribution in [-0.4, -0.2) is 30.2 Å². The predicted molar refractivity (Wildman–Crippen MR) is 111 cm³/mol. The van der Waals surface area contributed by atoms with Gasteiger partial charge in [0.05, 0.1) is 17.4 Å². The van der Waals surface area contributed by atoms with Crippen molar-refractivity contribution in [1.82, 2.24) is 29.6 Å². The second-order valence-corrected chi connectivity index (χ2v) is 7.67. The molecule has 0 aliphatic rings. The van der Waals surface area contributed by atoms with E-state index in [0.29, 0.717) is 23.3 Å². The normalized spacial score (nSPS) is 11.1. The van der Waals surface area contributed by atoms with Crippen LogP contribution >= 0.6 is 11.3 Å². The summed E-state index contributed by atoms with van der Waals surface area (Å²) in [6, 6.07) is 7.54. The maximum Gasteiger partial charge on any atom is 0.262 e. The minimum Gasteiger partial charge on any atom is -0.352 e. The number of aryl methyl sites for hydroxylation is 3. The average Bonchev–Trinajstić information content (AvgIpc) is 3.32. The summed E-state index contributed by atoms with van der Waals surface area (Å²) in [6.45, 7) is 4.58. The molecule has 8 nitrogen and oxygen atoms in total. The summed E-state index contributed by atoms with van der Waals surface area (Å²) in [5.74, 6) is 0.603. The number of hydrogen-bond acceptors (Lipinski definition) is 6. The number of carbonyl (C=O) groups excluding carboxylic acids is 1. The zero-order valence-corrected chi connectivity index (χ0v) is 16.9. The molecular weight excluding hydrogens is 388 g/mol. The maximum absolute atomic E-state index is 12.3. The number of carbonyl (C=O) groups is 1. The number of pyridine rings is 1. The Morgan fingerprint density at radius 2 is 2.07 bits per heavy atom. The summed E-state index contributed by atoms with van der Waals surface area (Å²) < 4.78 is 3.26. The van der Waals surface area contributed by atoms with Crippen LogP contribution in [0, 0.1) is 13.8 Å². The summed E-state index contributed by atoms with van der Waals surface area (Å²) >= 11 is 1.43. The van der Waals surface area contributed by atoms with Crippen molar-refractivity contribution in [1.29, 1.82) is 0 Å². The first-order chi connectivity index (χ1) is 14.0. The largest absolute Gasteiger partial charge is 0.352 e. The van der Waals surface area contributed by atoms with E-state index in [-0.39, 0.29) is 17.9 Å². The number of thiophene rings is 1. The van der Waals surface area contributed by atoms with Crippen LogP contribution in [0.3, 0.4) is 0 Å². The van der Waals surface area contributed by atoms with Gasteiger partial charge in [0.2, 0.25) is 5.91 Å². The second kappa shape index (κ2) is 7.96. The molecule has 9 heteroatoms. The molecule has 0 saturated heterocycles. The molecule has 0 aromatic carbocycles. The molecular formula is C20H20N6O2S. The van der Waals surface area contributed by atoms with Gasteiger partial charge in [-0.25, -0.2) is 14.6 Å². The molecule has 1 N–H and O–H groups in total. The lowest BCUT2D eigenvalue weighted by Crippen LogP contribution is -2.27. The van der Waals surface area contributed by atoms with Crippen LogP contribution in [0.4, 0.5) is 0 Å². The number of amides is 1. The summed E-state index contributed by atoms with van der Waals surface area (Å²) in [7, 11) is 0. The van der Waals surface area contributed by atoms with E-state index in [2.05, 4.69) is 20.4 Å². The van der Waals surface area contributed by atoms with Crippen molar-refractivity contribution in [2.45, 2.75) is 33.4 Å². The molecule has 1 amide bonds. The van der Waals surface area contributed by atoms with Crippen molar-refractivity contribution in [3.63, 3.8) is 0 Å². The van der Waals surface area contributed by atoms with Gasteiger partial charge in [0, 0.05) is 31.4 Å². The topological polar surface area (TPSA) is 94.7 Å². The molecule has 0 radical (unpaired) electrons. The highest BCUT2D eigenvalue weighted by Gasteiger charge is 2.08. The molecule has 4 aromatic rings. The quantitative estimate of drug-likeness (QED) is 0.529. The lowest BCUT2D eigenvalue weighted by Gasteiger charge is -2.08. The first-order valence-corrected chi connectivity index (χ1v) is 10.1. The van der Waals surface area contributed by atoms with E-state index in [4.69, 9.17) is 0 Å². The fourth-order valence-electron chi connectivity index (χ4n) is 3.07. The molecule has 0 unspecified atom stereocenters. The summed E-state index contributed by atoms with van der Waals surface area (Å²) in [6.07, 6.45) is 3.43. The van der Waals surface area contributed by atoms with Crippen molar-refractivity contribution in [2.75, 3.05) is 0 Å². The van der Waals surface area contributed by atoms with Crippen LogP contribution in [0.5, 0.6) is 0 Å². The monoisotopic (exact) mass is 408 g/mol. The Bertz CT molecular complexity index is 1220. The number of aromatic nitrogens is 5. The number of hydrogen-bond donors (Lipinski definition) is 1. The molecule has 4 heterocycles. The van der Waals surface area contributed by atoms with Gasteiger partial charge in [-0.3, -0.25) is 14.2 Å². The third-order valence-electron chi connectivity index (χ3n) is 4.56. The highest BCUT2D eigenvalue weighted by Crippen LogP contribution is 2.13. The Kier molecular flexibility index (Phi) is 5.22. The van der Waals surface area contributed by atoms with Crippen molar-refractivity contribution < 1.29 is 4.79 Å². The zero-order chi connectivity index (χ0) is 20.4.